The Labute approximate surface area is 302 Å². The number of ketones is 3. The number of halogens is 5. The number of fused-ring (bicyclic) bond motifs is 5. The number of benzene rings is 1. The van der Waals surface area contributed by atoms with Crippen LogP contribution < -0.4 is 0 Å². The molecule has 0 amide bonds. The lowest BCUT2D eigenvalue weighted by Gasteiger charge is -2.58. The van der Waals surface area contributed by atoms with Crippen LogP contribution in [0.1, 0.15) is 84.1 Å². The molecule has 0 aliphatic heterocycles. The summed E-state index contributed by atoms with van der Waals surface area (Å²) < 4.78 is 104. The molecule has 0 heterocycles. The second kappa shape index (κ2) is 14.8. The number of hydrogen-bond acceptors (Lipinski definition) is 8. The Hall–Kier alpha value is -2.78. The first kappa shape index (κ1) is 42.0. The standard InChI is InChI=1S/C27H35F5O8S.C10H16N/c1-13(4-7-21(36)40-23(26(28,29)30)27(31,32)41(37,38)39)16-5-6-17-22-18(12-20(35)25(16,17)3)24(2)9-8-15(33)10-14(24)11-19(22)34;1-11(2,3)9-10-7-5-4-6-8-10/h13-14,16-18,22-23H,4-12H2,1-3H3,(H,37,38,39);4-8H,9H2,1-3H3/q;+1/p-1/t13-,14+,16-,17+,18+,22+,23?,24+,25-;/m1./s1. The summed E-state index contributed by atoms with van der Waals surface area (Å²) in [6, 6.07) is 10.6. The number of Topliss-reactive ketones (excluding diaryl/α,β-unsaturated/α-hetero) is 3. The Balaban J connectivity index is 0.000000470. The maximum Gasteiger partial charge on any atom is 0.432 e. The Morgan fingerprint density at radius 2 is 1.60 bits per heavy atom. The molecule has 1 aromatic carbocycles. The summed E-state index contributed by atoms with van der Waals surface area (Å²) in [6.07, 6.45) is -8.53. The van der Waals surface area contributed by atoms with Gasteiger partial charge < -0.3 is 13.8 Å². The molecule has 0 radical (unpaired) electrons. The van der Waals surface area contributed by atoms with Crippen molar-refractivity contribution < 1.29 is 63.3 Å². The van der Waals surface area contributed by atoms with E-state index >= 15 is 0 Å². The van der Waals surface area contributed by atoms with E-state index < -0.39 is 51.4 Å². The van der Waals surface area contributed by atoms with Crippen molar-refractivity contribution in [2.24, 2.45) is 46.3 Å². The summed E-state index contributed by atoms with van der Waals surface area (Å²) in [5, 5.41) is -5.92. The molecule has 5 rings (SSSR count). The zero-order valence-corrected chi connectivity index (χ0v) is 31.3. The lowest BCUT2D eigenvalue weighted by molar-refractivity contribution is -0.884. The fourth-order valence-electron chi connectivity index (χ4n) is 9.72. The molecule has 4 aliphatic carbocycles. The molecule has 0 N–H and O–H groups in total. The number of quaternary nitrogens is 1. The largest absolute Gasteiger partial charge is 0.743 e. The fraction of sp³-hybridized carbons (Fsp3) is 0.730. The van der Waals surface area contributed by atoms with E-state index in [1.807, 2.05) is 0 Å². The van der Waals surface area contributed by atoms with Crippen molar-refractivity contribution in [2.45, 2.75) is 103 Å². The number of ether oxygens (including phenoxy) is 1. The van der Waals surface area contributed by atoms with Crippen LogP contribution in [-0.2, 0) is 40.6 Å². The topological polar surface area (TPSA) is 135 Å². The third-order valence-electron chi connectivity index (χ3n) is 12.4. The summed E-state index contributed by atoms with van der Waals surface area (Å²) in [4.78, 5) is 51.5. The van der Waals surface area contributed by atoms with Crippen LogP contribution in [0.25, 0.3) is 0 Å². The van der Waals surface area contributed by atoms with Gasteiger partial charge >= 0.3 is 17.4 Å². The van der Waals surface area contributed by atoms with Crippen LogP contribution in [0, 0.1) is 46.3 Å². The van der Waals surface area contributed by atoms with Crippen molar-refractivity contribution in [2.75, 3.05) is 21.1 Å². The molecular formula is C37H50F5NO8S. The van der Waals surface area contributed by atoms with Crippen molar-refractivity contribution in [3.05, 3.63) is 35.9 Å². The van der Waals surface area contributed by atoms with Crippen LogP contribution in [0.3, 0.4) is 0 Å². The van der Waals surface area contributed by atoms with Crippen molar-refractivity contribution in [1.82, 2.24) is 0 Å². The monoisotopic (exact) mass is 763 g/mol. The van der Waals surface area contributed by atoms with Gasteiger partial charge in [0.2, 0.25) is 0 Å². The van der Waals surface area contributed by atoms with Crippen LogP contribution in [0.5, 0.6) is 0 Å². The van der Waals surface area contributed by atoms with Gasteiger partial charge in [-0.2, -0.15) is 22.0 Å². The second-order valence-corrected chi connectivity index (χ2v) is 18.3. The number of carbonyl (C=O) groups excluding carboxylic acids is 4. The van der Waals surface area contributed by atoms with Crippen LogP contribution >= 0.6 is 0 Å². The quantitative estimate of drug-likeness (QED) is 0.121. The Morgan fingerprint density at radius 3 is 2.15 bits per heavy atom. The minimum atomic E-state index is -6.79. The molecule has 1 unspecified atom stereocenters. The zero-order valence-electron chi connectivity index (χ0n) is 30.5. The maximum atomic E-state index is 13.8. The van der Waals surface area contributed by atoms with E-state index in [1.54, 1.807) is 13.8 Å². The normalized spacial score (nSPS) is 32.1. The molecule has 9 atom stereocenters. The first-order valence-corrected chi connectivity index (χ1v) is 19.2. The molecule has 4 fully saturated rings. The number of rotatable bonds is 9. The molecule has 4 saturated carbocycles. The van der Waals surface area contributed by atoms with E-state index in [4.69, 9.17) is 0 Å². The van der Waals surface area contributed by atoms with E-state index in [2.05, 4.69) is 63.1 Å². The molecule has 292 valence electrons. The van der Waals surface area contributed by atoms with Gasteiger partial charge in [0, 0.05) is 49.0 Å². The smallest absolute Gasteiger partial charge is 0.432 e. The Bertz CT molecular complexity index is 1630. The summed E-state index contributed by atoms with van der Waals surface area (Å²) in [5.74, 6) is -3.35. The van der Waals surface area contributed by atoms with Gasteiger partial charge in [-0.05, 0) is 60.7 Å². The number of esters is 1. The summed E-state index contributed by atoms with van der Waals surface area (Å²) in [5.41, 5.74) is 0.150. The SMILES string of the molecule is C[C@H](CCC(=O)OC(C(F)(F)F)C(F)(F)S(=O)(=O)[O-])[C@H]1CC[C@H]2[C@@H]3C(=O)C[C@@H]4CC(=O)CC[C@]4(C)[C@H]3CC(=O)[C@]12C.C[N+](C)(C)Cc1ccccc1. The molecule has 9 nitrogen and oxygen atoms in total. The van der Waals surface area contributed by atoms with E-state index in [1.165, 1.54) is 5.56 Å². The van der Waals surface area contributed by atoms with Crippen LogP contribution in [-0.4, -0.2) is 79.5 Å². The van der Waals surface area contributed by atoms with Gasteiger partial charge in [-0.25, -0.2) is 8.42 Å². The average molecular weight is 764 g/mol. The molecule has 52 heavy (non-hydrogen) atoms. The second-order valence-electron chi connectivity index (χ2n) is 16.8. The highest BCUT2D eigenvalue weighted by Crippen LogP contribution is 2.66. The van der Waals surface area contributed by atoms with Crippen molar-refractivity contribution in [3.63, 3.8) is 0 Å². The lowest BCUT2D eigenvalue weighted by Crippen LogP contribution is -2.60. The molecule has 0 saturated heterocycles. The van der Waals surface area contributed by atoms with Crippen LogP contribution in [0.15, 0.2) is 30.3 Å². The van der Waals surface area contributed by atoms with Gasteiger partial charge in [0.05, 0.1) is 21.1 Å². The van der Waals surface area contributed by atoms with E-state index in [9.17, 15) is 54.1 Å². The maximum absolute atomic E-state index is 13.8. The predicted octanol–water partition coefficient (Wildman–Crippen LogP) is 6.49. The van der Waals surface area contributed by atoms with E-state index in [0.717, 1.165) is 11.0 Å². The van der Waals surface area contributed by atoms with Gasteiger partial charge in [-0.15, -0.1) is 0 Å². The summed E-state index contributed by atoms with van der Waals surface area (Å²) in [6.45, 7) is 6.63. The highest BCUT2D eigenvalue weighted by molar-refractivity contribution is 7.86. The number of nitrogens with zero attached hydrogens (tertiary/aromatic N) is 1. The molecule has 0 aromatic heterocycles. The van der Waals surface area contributed by atoms with E-state index in [-0.39, 0.29) is 71.6 Å². The molecule has 0 bridgehead atoms. The highest BCUT2D eigenvalue weighted by Gasteiger charge is 2.66. The van der Waals surface area contributed by atoms with Gasteiger partial charge in [0.15, 0.2) is 10.1 Å². The van der Waals surface area contributed by atoms with Gasteiger partial charge in [0.25, 0.3) is 6.10 Å². The fourth-order valence-corrected chi connectivity index (χ4v) is 10.2. The van der Waals surface area contributed by atoms with Crippen LogP contribution in [0.2, 0.25) is 0 Å². The van der Waals surface area contributed by atoms with Crippen LogP contribution in [0.4, 0.5) is 22.0 Å². The number of hydrogen-bond donors (Lipinski definition) is 0. The molecule has 0 spiro atoms. The number of alkyl halides is 5. The first-order valence-electron chi connectivity index (χ1n) is 17.7. The molecular weight excluding hydrogens is 713 g/mol. The van der Waals surface area contributed by atoms with Gasteiger partial charge in [0.1, 0.15) is 23.9 Å². The average Bonchev–Trinajstić information content (AvgIpc) is 3.37. The lowest BCUT2D eigenvalue weighted by atomic mass is 9.44. The van der Waals surface area contributed by atoms with Crippen molar-refractivity contribution in [3.8, 4) is 0 Å². The van der Waals surface area contributed by atoms with Gasteiger partial charge in [-0.3, -0.25) is 19.2 Å². The zero-order chi connectivity index (χ0) is 39.2. The minimum absolute atomic E-state index is 0.0373. The summed E-state index contributed by atoms with van der Waals surface area (Å²) in [7, 11) is -0.189. The van der Waals surface area contributed by atoms with E-state index in [0.29, 0.717) is 32.1 Å². The first-order chi connectivity index (χ1) is 23.7. The van der Waals surface area contributed by atoms with Crippen molar-refractivity contribution >= 4 is 33.4 Å². The third-order valence-corrected chi connectivity index (χ3v) is 13.3. The van der Waals surface area contributed by atoms with Gasteiger partial charge in [-0.1, -0.05) is 51.1 Å². The predicted molar refractivity (Wildman–Crippen MR) is 178 cm³/mol. The highest BCUT2D eigenvalue weighted by atomic mass is 32.2. The molecule has 4 aliphatic rings. The Kier molecular flexibility index (Phi) is 11.9. The Morgan fingerprint density at radius 1 is 0.981 bits per heavy atom. The minimum Gasteiger partial charge on any atom is -0.743 e. The number of carbonyl (C=O) groups is 4. The summed E-state index contributed by atoms with van der Waals surface area (Å²) >= 11 is 0. The molecule has 1 aromatic rings. The molecule has 15 heteroatoms. The third kappa shape index (κ3) is 8.46. The van der Waals surface area contributed by atoms with Crippen molar-refractivity contribution in [1.29, 1.82) is 0 Å².